The first-order chi connectivity index (χ1) is 13.3. The summed E-state index contributed by atoms with van der Waals surface area (Å²) in [7, 11) is 0. The number of benzene rings is 2. The van der Waals surface area contributed by atoms with E-state index in [1.165, 1.54) is 11.0 Å². The van der Waals surface area contributed by atoms with Crippen molar-refractivity contribution in [2.75, 3.05) is 32.8 Å². The molecule has 9 heteroatoms. The fourth-order valence-electron chi connectivity index (χ4n) is 2.82. The molecule has 0 aromatic heterocycles. The molecule has 5 nitrogen and oxygen atoms in total. The van der Waals surface area contributed by atoms with Crippen LogP contribution in [-0.2, 0) is 4.79 Å². The largest absolute Gasteiger partial charge is 0.482 e. The zero-order valence-electron chi connectivity index (χ0n) is 14.6. The van der Waals surface area contributed by atoms with Gasteiger partial charge in [0.05, 0.1) is 10.6 Å². The second-order valence-corrected chi connectivity index (χ2v) is 7.00. The topological polar surface area (TPSA) is 49.9 Å². The molecule has 0 aliphatic carbocycles. The van der Waals surface area contributed by atoms with Crippen LogP contribution in [0.4, 0.5) is 8.78 Å². The normalized spacial score (nSPS) is 14.1. The van der Waals surface area contributed by atoms with Gasteiger partial charge in [0.25, 0.3) is 11.8 Å². The quantitative estimate of drug-likeness (QED) is 0.746. The van der Waals surface area contributed by atoms with E-state index >= 15 is 0 Å². The molecule has 28 heavy (non-hydrogen) atoms. The predicted molar refractivity (Wildman–Crippen MR) is 101 cm³/mol. The minimum atomic E-state index is -0.906. The highest BCUT2D eigenvalue weighted by Gasteiger charge is 2.26. The lowest BCUT2D eigenvalue weighted by Crippen LogP contribution is -2.51. The van der Waals surface area contributed by atoms with Crippen molar-refractivity contribution < 1.29 is 23.1 Å². The molecule has 2 aromatic carbocycles. The van der Waals surface area contributed by atoms with Crippen LogP contribution in [0.3, 0.4) is 0 Å². The highest BCUT2D eigenvalue weighted by Crippen LogP contribution is 2.27. The summed E-state index contributed by atoms with van der Waals surface area (Å²) in [6.07, 6.45) is 0. The number of carbonyl (C=O) groups excluding carboxylic acids is 2. The summed E-state index contributed by atoms with van der Waals surface area (Å²) in [5.74, 6) is -2.10. The van der Waals surface area contributed by atoms with Crippen LogP contribution in [0.25, 0.3) is 0 Å². The van der Waals surface area contributed by atoms with Crippen molar-refractivity contribution in [3.8, 4) is 5.75 Å². The molecule has 0 saturated carbocycles. The second kappa shape index (κ2) is 8.75. The van der Waals surface area contributed by atoms with Gasteiger partial charge < -0.3 is 14.5 Å². The van der Waals surface area contributed by atoms with E-state index in [1.807, 2.05) is 0 Å². The highest BCUT2D eigenvalue weighted by atomic mass is 35.5. The number of rotatable bonds is 4. The molecular formula is C19H16Cl2F2N2O3. The van der Waals surface area contributed by atoms with Gasteiger partial charge in [-0.25, -0.2) is 8.78 Å². The Kier molecular flexibility index (Phi) is 6.36. The third kappa shape index (κ3) is 4.72. The Morgan fingerprint density at radius 1 is 0.964 bits per heavy atom. The molecule has 0 atom stereocenters. The number of hydrogen-bond donors (Lipinski definition) is 0. The predicted octanol–water partition coefficient (Wildman–Crippen LogP) is 3.64. The summed E-state index contributed by atoms with van der Waals surface area (Å²) in [4.78, 5) is 27.7. The number of amides is 2. The lowest BCUT2D eigenvalue weighted by Gasteiger charge is -2.34. The number of ether oxygens (including phenoxy) is 1. The molecule has 1 heterocycles. The minimum absolute atomic E-state index is 0.193. The van der Waals surface area contributed by atoms with Gasteiger partial charge in [-0.15, -0.1) is 0 Å². The van der Waals surface area contributed by atoms with Crippen LogP contribution < -0.4 is 4.74 Å². The fourth-order valence-corrected chi connectivity index (χ4v) is 3.28. The molecule has 0 bridgehead atoms. The maximum atomic E-state index is 13.8. The summed E-state index contributed by atoms with van der Waals surface area (Å²) in [6, 6.07) is 7.52. The molecule has 0 spiro atoms. The van der Waals surface area contributed by atoms with Crippen LogP contribution in [0.5, 0.6) is 5.75 Å². The van der Waals surface area contributed by atoms with Crippen molar-refractivity contribution >= 4 is 35.0 Å². The van der Waals surface area contributed by atoms with E-state index in [-0.39, 0.29) is 44.3 Å². The van der Waals surface area contributed by atoms with Crippen LogP contribution in [0, 0.1) is 11.6 Å². The lowest BCUT2D eigenvalue weighted by atomic mass is 10.1. The first-order valence-electron chi connectivity index (χ1n) is 8.45. The van der Waals surface area contributed by atoms with Gasteiger partial charge in [-0.1, -0.05) is 23.2 Å². The third-order valence-electron chi connectivity index (χ3n) is 4.33. The van der Waals surface area contributed by atoms with Crippen molar-refractivity contribution in [2.24, 2.45) is 0 Å². The van der Waals surface area contributed by atoms with E-state index in [0.717, 1.165) is 12.1 Å². The van der Waals surface area contributed by atoms with Crippen molar-refractivity contribution in [1.82, 2.24) is 9.80 Å². The smallest absolute Gasteiger partial charge is 0.260 e. The standard InChI is InChI=1S/C19H16Cl2F2N2O3/c20-12-1-4-17(15(21)9-12)28-11-18(26)24-5-7-25(8-6-24)19(27)14-3-2-13(22)10-16(14)23/h1-4,9-10H,5-8,11H2. The number of hydrogen-bond acceptors (Lipinski definition) is 3. The van der Waals surface area contributed by atoms with Gasteiger partial charge in [-0.2, -0.15) is 0 Å². The van der Waals surface area contributed by atoms with Crippen LogP contribution >= 0.6 is 23.2 Å². The maximum Gasteiger partial charge on any atom is 0.260 e. The number of halogens is 4. The van der Waals surface area contributed by atoms with Crippen LogP contribution in [-0.4, -0.2) is 54.4 Å². The van der Waals surface area contributed by atoms with E-state index in [0.29, 0.717) is 21.9 Å². The van der Waals surface area contributed by atoms with Crippen LogP contribution in [0.2, 0.25) is 10.0 Å². The van der Waals surface area contributed by atoms with Crippen molar-refractivity contribution in [3.63, 3.8) is 0 Å². The Hall–Kier alpha value is -2.38. The number of carbonyl (C=O) groups is 2. The molecule has 2 amide bonds. The molecule has 1 saturated heterocycles. The van der Waals surface area contributed by atoms with Gasteiger partial charge in [-0.3, -0.25) is 9.59 Å². The maximum absolute atomic E-state index is 13.8. The first-order valence-corrected chi connectivity index (χ1v) is 9.20. The molecule has 1 aliphatic rings. The van der Waals surface area contributed by atoms with Gasteiger partial charge in [-0.05, 0) is 30.3 Å². The number of piperazine rings is 1. The van der Waals surface area contributed by atoms with Crippen LogP contribution in [0.1, 0.15) is 10.4 Å². The molecule has 0 unspecified atom stereocenters. The zero-order valence-corrected chi connectivity index (χ0v) is 16.1. The zero-order chi connectivity index (χ0) is 20.3. The summed E-state index contributed by atoms with van der Waals surface area (Å²) in [5, 5.41) is 0.763. The van der Waals surface area contributed by atoms with Crippen molar-refractivity contribution in [1.29, 1.82) is 0 Å². The van der Waals surface area contributed by atoms with E-state index in [4.69, 9.17) is 27.9 Å². The SMILES string of the molecule is O=C(COc1ccc(Cl)cc1Cl)N1CCN(C(=O)c2ccc(F)cc2F)CC1. The Balaban J connectivity index is 1.53. The average Bonchev–Trinajstić information content (AvgIpc) is 2.67. The average molecular weight is 429 g/mol. The van der Waals surface area contributed by atoms with Gasteiger partial charge in [0.2, 0.25) is 0 Å². The summed E-state index contributed by atoms with van der Waals surface area (Å²) < 4.78 is 32.2. The van der Waals surface area contributed by atoms with Crippen molar-refractivity contribution in [2.45, 2.75) is 0 Å². The van der Waals surface area contributed by atoms with Gasteiger partial charge in [0, 0.05) is 37.3 Å². The molecule has 1 aliphatic heterocycles. The molecular weight excluding hydrogens is 413 g/mol. The van der Waals surface area contributed by atoms with E-state index in [2.05, 4.69) is 0 Å². The molecule has 0 N–H and O–H groups in total. The Morgan fingerprint density at radius 2 is 1.64 bits per heavy atom. The molecule has 1 fully saturated rings. The highest BCUT2D eigenvalue weighted by molar-refractivity contribution is 6.35. The Labute approximate surface area is 170 Å². The molecule has 2 aromatic rings. The summed E-state index contributed by atoms with van der Waals surface area (Å²) in [6.45, 7) is 0.838. The van der Waals surface area contributed by atoms with Crippen molar-refractivity contribution in [3.05, 3.63) is 63.6 Å². The number of nitrogens with zero attached hydrogens (tertiary/aromatic N) is 2. The van der Waals surface area contributed by atoms with E-state index in [1.54, 1.807) is 17.0 Å². The Morgan fingerprint density at radius 3 is 2.29 bits per heavy atom. The van der Waals surface area contributed by atoms with Gasteiger partial charge in [0.1, 0.15) is 17.4 Å². The third-order valence-corrected chi connectivity index (χ3v) is 4.86. The molecule has 0 radical (unpaired) electrons. The minimum Gasteiger partial charge on any atom is -0.482 e. The van der Waals surface area contributed by atoms with E-state index in [9.17, 15) is 18.4 Å². The lowest BCUT2D eigenvalue weighted by molar-refractivity contribution is -0.134. The fraction of sp³-hybridized carbons (Fsp3) is 0.263. The van der Waals surface area contributed by atoms with E-state index < -0.39 is 17.5 Å². The van der Waals surface area contributed by atoms with Crippen LogP contribution in [0.15, 0.2) is 36.4 Å². The Bertz CT molecular complexity index is 903. The summed E-state index contributed by atoms with van der Waals surface area (Å²) >= 11 is 11.8. The first kappa shape index (κ1) is 20.4. The second-order valence-electron chi connectivity index (χ2n) is 6.16. The summed E-state index contributed by atoms with van der Waals surface area (Å²) in [5.41, 5.74) is -0.193. The monoisotopic (exact) mass is 428 g/mol. The molecule has 3 rings (SSSR count). The molecule has 148 valence electrons. The van der Waals surface area contributed by atoms with Gasteiger partial charge >= 0.3 is 0 Å². The van der Waals surface area contributed by atoms with Gasteiger partial charge in [0.15, 0.2) is 6.61 Å².